The van der Waals surface area contributed by atoms with Gasteiger partial charge in [0.05, 0.1) is 11.7 Å². The number of carbonyl (C=O) groups excluding carboxylic acids is 2. The number of hydrogen-bond acceptors (Lipinski definition) is 7. The van der Waals surface area contributed by atoms with Crippen LogP contribution in [-0.4, -0.2) is 38.0 Å². The van der Waals surface area contributed by atoms with Gasteiger partial charge in [-0.2, -0.15) is 10.1 Å². The lowest BCUT2D eigenvalue weighted by Gasteiger charge is -2.13. The van der Waals surface area contributed by atoms with E-state index >= 15 is 0 Å². The highest BCUT2D eigenvalue weighted by Crippen LogP contribution is 2.22. The lowest BCUT2D eigenvalue weighted by Crippen LogP contribution is -2.33. The number of aromatic amines is 1. The maximum Gasteiger partial charge on any atom is 0.254 e. The second kappa shape index (κ2) is 6.43. The van der Waals surface area contributed by atoms with E-state index in [9.17, 15) is 9.59 Å². The number of H-pyrrole nitrogens is 1. The van der Waals surface area contributed by atoms with Crippen molar-refractivity contribution >= 4 is 40.2 Å². The number of benzene rings is 1. The van der Waals surface area contributed by atoms with Crippen molar-refractivity contribution in [1.29, 1.82) is 0 Å². The number of nitrogens with zero attached hydrogens (tertiary/aromatic N) is 3. The SMILES string of the molecule is CC(Nc1ncc(C(N)=O)c(Nc2ccc3cn[nH]c3c2)n1)C(N)=O. The molecule has 0 bridgehead atoms. The fraction of sp³-hybridized carbons (Fsp3) is 0.133. The van der Waals surface area contributed by atoms with Crippen molar-refractivity contribution in [3.8, 4) is 0 Å². The molecular formula is C15H16N8O2. The van der Waals surface area contributed by atoms with E-state index < -0.39 is 17.9 Å². The standard InChI is InChI=1S/C15H16N8O2/c1-7(12(16)24)20-15-18-6-10(13(17)25)14(22-15)21-9-3-2-8-5-19-23-11(8)4-9/h2-7H,1H3,(H2,16,24)(H2,17,25)(H,19,23)(H2,18,20,21,22). The van der Waals surface area contributed by atoms with Crippen molar-refractivity contribution < 1.29 is 9.59 Å². The van der Waals surface area contributed by atoms with Crippen LogP contribution < -0.4 is 22.1 Å². The smallest absolute Gasteiger partial charge is 0.254 e. The second-order valence-corrected chi connectivity index (χ2v) is 5.39. The molecule has 0 aliphatic heterocycles. The minimum absolute atomic E-state index is 0.113. The van der Waals surface area contributed by atoms with Gasteiger partial charge in [-0.3, -0.25) is 14.7 Å². The van der Waals surface area contributed by atoms with Crippen LogP contribution >= 0.6 is 0 Å². The van der Waals surface area contributed by atoms with E-state index in [1.807, 2.05) is 18.2 Å². The Hall–Kier alpha value is -3.69. The van der Waals surface area contributed by atoms with Crippen LogP contribution in [0.3, 0.4) is 0 Å². The van der Waals surface area contributed by atoms with Crippen LogP contribution in [0.2, 0.25) is 0 Å². The first-order chi connectivity index (χ1) is 11.9. The summed E-state index contributed by atoms with van der Waals surface area (Å²) < 4.78 is 0. The number of hydrogen-bond donors (Lipinski definition) is 5. The average molecular weight is 340 g/mol. The van der Waals surface area contributed by atoms with Crippen molar-refractivity contribution in [3.63, 3.8) is 0 Å². The molecule has 2 amide bonds. The summed E-state index contributed by atoms with van der Waals surface area (Å²) in [4.78, 5) is 31.0. The molecule has 0 spiro atoms. The summed E-state index contributed by atoms with van der Waals surface area (Å²) in [5.41, 5.74) is 12.2. The van der Waals surface area contributed by atoms with Gasteiger partial charge in [0.15, 0.2) is 0 Å². The maximum absolute atomic E-state index is 11.6. The van der Waals surface area contributed by atoms with Gasteiger partial charge in [0, 0.05) is 17.3 Å². The fourth-order valence-electron chi connectivity index (χ4n) is 2.14. The molecule has 0 fully saturated rings. The molecular weight excluding hydrogens is 324 g/mol. The predicted molar refractivity (Wildman–Crippen MR) is 92.2 cm³/mol. The Labute approximate surface area is 142 Å². The second-order valence-electron chi connectivity index (χ2n) is 5.39. The molecule has 25 heavy (non-hydrogen) atoms. The van der Waals surface area contributed by atoms with Gasteiger partial charge in [0.2, 0.25) is 11.9 Å². The van der Waals surface area contributed by atoms with E-state index in [0.717, 1.165) is 10.9 Å². The molecule has 7 N–H and O–H groups in total. The molecule has 1 unspecified atom stereocenters. The summed E-state index contributed by atoms with van der Waals surface area (Å²) in [6.07, 6.45) is 2.98. The van der Waals surface area contributed by atoms with Crippen LogP contribution in [0.25, 0.3) is 10.9 Å². The minimum atomic E-state index is -0.681. The average Bonchev–Trinajstić information content (AvgIpc) is 3.02. The zero-order valence-corrected chi connectivity index (χ0v) is 13.3. The Kier molecular flexibility index (Phi) is 4.16. The molecule has 0 saturated heterocycles. The molecule has 3 rings (SSSR count). The van der Waals surface area contributed by atoms with E-state index in [1.54, 1.807) is 13.1 Å². The van der Waals surface area contributed by atoms with E-state index in [2.05, 4.69) is 30.8 Å². The highest BCUT2D eigenvalue weighted by atomic mass is 16.1. The number of fused-ring (bicyclic) bond motifs is 1. The van der Waals surface area contributed by atoms with Crippen LogP contribution in [0.15, 0.2) is 30.6 Å². The summed E-state index contributed by atoms with van der Waals surface area (Å²) in [7, 11) is 0. The van der Waals surface area contributed by atoms with E-state index in [-0.39, 0.29) is 17.3 Å². The molecule has 1 atom stereocenters. The third-order valence-electron chi connectivity index (χ3n) is 3.53. The molecule has 0 aliphatic carbocycles. The molecule has 3 aromatic rings. The maximum atomic E-state index is 11.6. The van der Waals surface area contributed by atoms with Crippen LogP contribution in [0.5, 0.6) is 0 Å². The van der Waals surface area contributed by atoms with Crippen molar-refractivity contribution in [2.75, 3.05) is 10.6 Å². The molecule has 2 aromatic heterocycles. The molecule has 10 nitrogen and oxygen atoms in total. The number of primary amides is 2. The highest BCUT2D eigenvalue weighted by molar-refractivity contribution is 5.98. The van der Waals surface area contributed by atoms with Crippen molar-refractivity contribution in [2.24, 2.45) is 11.5 Å². The van der Waals surface area contributed by atoms with Gasteiger partial charge in [-0.1, -0.05) is 0 Å². The topological polar surface area (TPSA) is 165 Å². The number of nitrogens with one attached hydrogen (secondary N) is 3. The molecule has 1 aromatic carbocycles. The van der Waals surface area contributed by atoms with Gasteiger partial charge in [0.1, 0.15) is 17.4 Å². The lowest BCUT2D eigenvalue weighted by molar-refractivity contribution is -0.118. The molecule has 128 valence electrons. The summed E-state index contributed by atoms with van der Waals surface area (Å²) in [6.45, 7) is 1.58. The van der Waals surface area contributed by atoms with E-state index in [0.29, 0.717) is 5.69 Å². The zero-order chi connectivity index (χ0) is 18.0. The highest BCUT2D eigenvalue weighted by Gasteiger charge is 2.15. The first-order valence-corrected chi connectivity index (χ1v) is 7.37. The molecule has 10 heteroatoms. The first-order valence-electron chi connectivity index (χ1n) is 7.37. The Bertz CT molecular complexity index is 952. The predicted octanol–water partition coefficient (Wildman–Crippen LogP) is 0.481. The van der Waals surface area contributed by atoms with Gasteiger partial charge in [-0.15, -0.1) is 0 Å². The summed E-state index contributed by atoms with van der Waals surface area (Å²) in [5, 5.41) is 13.5. The number of carbonyl (C=O) groups is 2. The Morgan fingerprint density at radius 1 is 1.24 bits per heavy atom. The third kappa shape index (κ3) is 3.47. The summed E-state index contributed by atoms with van der Waals surface area (Å²) in [6, 6.07) is 4.81. The largest absolute Gasteiger partial charge is 0.368 e. The van der Waals surface area contributed by atoms with Crippen molar-refractivity contribution in [3.05, 3.63) is 36.2 Å². The summed E-state index contributed by atoms with van der Waals surface area (Å²) in [5.74, 6) is -0.886. The van der Waals surface area contributed by atoms with Crippen molar-refractivity contribution in [1.82, 2.24) is 20.2 Å². The monoisotopic (exact) mass is 340 g/mol. The molecule has 0 aliphatic rings. The van der Waals surface area contributed by atoms with Gasteiger partial charge in [-0.25, -0.2) is 4.98 Å². The Morgan fingerprint density at radius 3 is 2.76 bits per heavy atom. The van der Waals surface area contributed by atoms with E-state index in [1.165, 1.54) is 6.20 Å². The quantitative estimate of drug-likeness (QED) is 0.435. The third-order valence-corrected chi connectivity index (χ3v) is 3.53. The molecule has 2 heterocycles. The molecule has 0 saturated carbocycles. The number of anilines is 3. The Balaban J connectivity index is 1.93. The first kappa shape index (κ1) is 16.2. The van der Waals surface area contributed by atoms with Gasteiger partial charge >= 0.3 is 0 Å². The van der Waals surface area contributed by atoms with E-state index in [4.69, 9.17) is 11.5 Å². The number of nitrogens with two attached hydrogens (primary N) is 2. The number of rotatable bonds is 6. The lowest BCUT2D eigenvalue weighted by atomic mass is 10.2. The number of amides is 2. The minimum Gasteiger partial charge on any atom is -0.368 e. The van der Waals surface area contributed by atoms with Crippen molar-refractivity contribution in [2.45, 2.75) is 13.0 Å². The fourth-order valence-corrected chi connectivity index (χ4v) is 2.14. The van der Waals surface area contributed by atoms with Crippen LogP contribution in [-0.2, 0) is 4.79 Å². The normalized spacial score (nSPS) is 11.9. The van der Waals surface area contributed by atoms with Crippen LogP contribution in [0.1, 0.15) is 17.3 Å². The van der Waals surface area contributed by atoms with Gasteiger partial charge in [0.25, 0.3) is 5.91 Å². The van der Waals surface area contributed by atoms with Gasteiger partial charge < -0.3 is 22.1 Å². The van der Waals surface area contributed by atoms with Crippen LogP contribution in [0.4, 0.5) is 17.5 Å². The van der Waals surface area contributed by atoms with Crippen LogP contribution in [0, 0.1) is 0 Å². The van der Waals surface area contributed by atoms with Gasteiger partial charge in [-0.05, 0) is 25.1 Å². The Morgan fingerprint density at radius 2 is 2.04 bits per heavy atom. The summed E-state index contributed by atoms with van der Waals surface area (Å²) >= 11 is 0. The molecule has 0 radical (unpaired) electrons. The zero-order valence-electron chi connectivity index (χ0n) is 13.3. The number of aromatic nitrogens is 4.